The number of carbonyl (C=O) groups excluding carboxylic acids is 3. The molecular weight excluding hydrogens is 571 g/mol. The monoisotopic (exact) mass is 619 g/mol. The molecule has 4 N–H and O–H groups in total. The van der Waals surface area contributed by atoms with Crippen molar-refractivity contribution in [1.29, 1.82) is 0 Å². The van der Waals surface area contributed by atoms with Crippen molar-refractivity contribution in [1.82, 2.24) is 16.0 Å². The van der Waals surface area contributed by atoms with Crippen LogP contribution >= 0.6 is 21.6 Å². The van der Waals surface area contributed by atoms with E-state index in [0.717, 1.165) is 38.5 Å². The molecule has 0 spiro atoms. The first kappa shape index (κ1) is 39.0. The lowest BCUT2D eigenvalue weighted by Gasteiger charge is -2.12. The fourth-order valence-electron chi connectivity index (χ4n) is 3.16. The van der Waals surface area contributed by atoms with Crippen LogP contribution < -0.4 is 16.0 Å². The number of aliphatic carboxylic acids is 1. The molecule has 0 aliphatic rings. The largest absolute Gasteiger partial charge is 0.480 e. The molecule has 10 heteroatoms. The van der Waals surface area contributed by atoms with E-state index >= 15 is 0 Å². The fraction of sp³-hybridized carbons (Fsp3) is 0.500. The molecule has 1 unspecified atom stereocenters. The number of nitrogens with one attached hydrogen (secondary N) is 3. The topological polar surface area (TPSA) is 125 Å². The van der Waals surface area contributed by atoms with Gasteiger partial charge >= 0.3 is 5.97 Å². The Morgan fingerprint density at radius 3 is 1.57 bits per heavy atom. The van der Waals surface area contributed by atoms with Crippen LogP contribution in [0.2, 0.25) is 0 Å². The molecule has 3 amide bonds. The first-order valence-electron chi connectivity index (χ1n) is 14.5. The zero-order chi connectivity index (χ0) is 31.1. The number of rotatable bonds is 25. The van der Waals surface area contributed by atoms with E-state index in [2.05, 4.69) is 89.7 Å². The lowest BCUT2D eigenvalue weighted by atomic mass is 10.2. The first-order chi connectivity index (χ1) is 20.4. The van der Waals surface area contributed by atoms with Gasteiger partial charge in [-0.25, -0.2) is 4.79 Å². The Kier molecular flexibility index (Phi) is 27.4. The van der Waals surface area contributed by atoms with Crippen LogP contribution in [-0.4, -0.2) is 59.4 Å². The van der Waals surface area contributed by atoms with Gasteiger partial charge in [0.2, 0.25) is 17.7 Å². The molecule has 0 saturated heterocycles. The van der Waals surface area contributed by atoms with E-state index in [1.165, 1.54) is 28.5 Å². The molecule has 1 atom stereocenters. The van der Waals surface area contributed by atoms with Gasteiger partial charge in [0.25, 0.3) is 0 Å². The summed E-state index contributed by atoms with van der Waals surface area (Å²) in [7, 11) is 2.67. The predicted octanol–water partition coefficient (Wildman–Crippen LogP) is 6.06. The van der Waals surface area contributed by atoms with Crippen LogP contribution in [-0.2, 0) is 19.2 Å². The normalized spacial score (nSPS) is 12.8. The van der Waals surface area contributed by atoms with Crippen molar-refractivity contribution >= 4 is 45.3 Å². The Labute approximate surface area is 260 Å². The van der Waals surface area contributed by atoms with Crippen molar-refractivity contribution in [2.45, 2.75) is 77.7 Å². The number of carbonyl (C=O) groups is 4. The average molecular weight is 620 g/mol. The summed E-state index contributed by atoms with van der Waals surface area (Å²) in [6.45, 7) is 4.13. The number of amides is 3. The summed E-state index contributed by atoms with van der Waals surface area (Å²) in [4.78, 5) is 45.9. The number of hydrogen-bond donors (Lipinski definition) is 4. The standard InChI is InChI=1S/C32H49N3O5S2/c1-3-4-5-6-7-8-9-10-11-12-13-14-15-16-17-18-19-20-21-22-30(37)33-24-25-34-31(38)23-26-41-42-27-29(32(39)40)35-28(2)36/h4-5,7-8,10-11,13-14,16-17,19-20,29H,3,6,9,12,15,18,21-27H2,1-2H3,(H,33,37)(H,34,38)(H,35,36)(H,39,40)/b5-4-,8-7-,11-10-,14-13-,17-16-,20-19-. The van der Waals surface area contributed by atoms with E-state index in [9.17, 15) is 19.2 Å². The second kappa shape index (κ2) is 29.5. The Morgan fingerprint density at radius 1 is 0.667 bits per heavy atom. The van der Waals surface area contributed by atoms with Crippen molar-refractivity contribution in [2.75, 3.05) is 24.6 Å². The summed E-state index contributed by atoms with van der Waals surface area (Å²) >= 11 is 0. The zero-order valence-corrected chi connectivity index (χ0v) is 26.7. The lowest BCUT2D eigenvalue weighted by molar-refractivity contribution is -0.140. The Bertz CT molecular complexity index is 942. The highest BCUT2D eigenvalue weighted by atomic mass is 33.1. The van der Waals surface area contributed by atoms with Gasteiger partial charge in [0.1, 0.15) is 6.04 Å². The maximum Gasteiger partial charge on any atom is 0.327 e. The quantitative estimate of drug-likeness (QED) is 0.0557. The van der Waals surface area contributed by atoms with Gasteiger partial charge in [-0.05, 0) is 44.9 Å². The van der Waals surface area contributed by atoms with Crippen LogP contribution in [0, 0.1) is 0 Å². The highest BCUT2D eigenvalue weighted by molar-refractivity contribution is 8.76. The summed E-state index contributed by atoms with van der Waals surface area (Å²) in [6, 6.07) is -0.947. The Morgan fingerprint density at radius 2 is 1.12 bits per heavy atom. The van der Waals surface area contributed by atoms with Crippen molar-refractivity contribution in [3.8, 4) is 0 Å². The third kappa shape index (κ3) is 28.5. The molecule has 42 heavy (non-hydrogen) atoms. The van der Waals surface area contributed by atoms with Crippen molar-refractivity contribution in [2.24, 2.45) is 0 Å². The molecule has 234 valence electrons. The molecule has 0 bridgehead atoms. The zero-order valence-electron chi connectivity index (χ0n) is 25.1. The molecule has 0 fully saturated rings. The van der Waals surface area contributed by atoms with Crippen LogP contribution in [0.3, 0.4) is 0 Å². The number of carboxylic acid groups (broad SMARTS) is 1. The smallest absolute Gasteiger partial charge is 0.327 e. The van der Waals surface area contributed by atoms with Gasteiger partial charge < -0.3 is 21.1 Å². The molecule has 0 aromatic carbocycles. The van der Waals surface area contributed by atoms with E-state index in [1.54, 1.807) is 0 Å². The number of hydrogen-bond acceptors (Lipinski definition) is 6. The molecule has 0 rings (SSSR count). The van der Waals surface area contributed by atoms with E-state index < -0.39 is 17.9 Å². The van der Waals surface area contributed by atoms with Crippen LogP contribution in [0.15, 0.2) is 72.9 Å². The second-order valence-electron chi connectivity index (χ2n) is 9.10. The SMILES string of the molecule is CC/C=C\C/C=C\C/C=C\C/C=C\C/C=C\C/C=C\CCC(=O)NCCNC(=O)CCSSCC(NC(C)=O)C(=O)O. The molecule has 0 aliphatic carbocycles. The fourth-order valence-corrected chi connectivity index (χ4v) is 5.31. The van der Waals surface area contributed by atoms with Gasteiger partial charge in [0.15, 0.2) is 0 Å². The van der Waals surface area contributed by atoms with Crippen molar-refractivity contribution in [3.63, 3.8) is 0 Å². The maximum atomic E-state index is 11.9. The summed E-state index contributed by atoms with van der Waals surface area (Å²) in [5.41, 5.74) is 0. The minimum atomic E-state index is -1.09. The Balaban J connectivity index is 3.68. The van der Waals surface area contributed by atoms with E-state index in [0.29, 0.717) is 31.7 Å². The summed E-state index contributed by atoms with van der Waals surface area (Å²) < 4.78 is 0. The molecule has 0 radical (unpaired) electrons. The van der Waals surface area contributed by atoms with Gasteiger partial charge in [-0.15, -0.1) is 0 Å². The molecular formula is C32H49N3O5S2. The third-order valence-electron chi connectivity index (χ3n) is 5.31. The van der Waals surface area contributed by atoms with Crippen LogP contribution in [0.1, 0.15) is 71.6 Å². The summed E-state index contributed by atoms with van der Waals surface area (Å²) in [5, 5.41) is 17.0. The van der Waals surface area contributed by atoms with Gasteiger partial charge in [0, 0.05) is 44.4 Å². The van der Waals surface area contributed by atoms with Crippen LogP contribution in [0.5, 0.6) is 0 Å². The van der Waals surface area contributed by atoms with Gasteiger partial charge in [0.05, 0.1) is 0 Å². The van der Waals surface area contributed by atoms with Gasteiger partial charge in [-0.1, -0.05) is 101 Å². The molecule has 8 nitrogen and oxygen atoms in total. The minimum absolute atomic E-state index is 0.0529. The Hall–Kier alpha value is -2.98. The van der Waals surface area contributed by atoms with E-state index in [4.69, 9.17) is 5.11 Å². The van der Waals surface area contributed by atoms with E-state index in [-0.39, 0.29) is 24.0 Å². The lowest BCUT2D eigenvalue weighted by Crippen LogP contribution is -2.41. The van der Waals surface area contributed by atoms with Crippen molar-refractivity contribution < 1.29 is 24.3 Å². The first-order valence-corrected chi connectivity index (χ1v) is 17.0. The molecule has 0 aromatic rings. The summed E-state index contributed by atoms with van der Waals surface area (Å²) in [5.74, 6) is -0.939. The average Bonchev–Trinajstić information content (AvgIpc) is 2.95. The van der Waals surface area contributed by atoms with Crippen molar-refractivity contribution in [3.05, 3.63) is 72.9 Å². The number of allylic oxidation sites excluding steroid dienone is 12. The maximum absolute atomic E-state index is 11.9. The molecule has 0 aliphatic heterocycles. The molecule has 0 heterocycles. The summed E-state index contributed by atoms with van der Waals surface area (Å²) in [6.07, 6.45) is 32.9. The highest BCUT2D eigenvalue weighted by Crippen LogP contribution is 2.22. The van der Waals surface area contributed by atoms with Crippen LogP contribution in [0.4, 0.5) is 0 Å². The molecule has 0 saturated carbocycles. The predicted molar refractivity (Wildman–Crippen MR) is 178 cm³/mol. The second-order valence-corrected chi connectivity index (χ2v) is 11.7. The van der Waals surface area contributed by atoms with E-state index in [1.807, 2.05) is 6.08 Å². The minimum Gasteiger partial charge on any atom is -0.480 e. The van der Waals surface area contributed by atoms with Crippen LogP contribution in [0.25, 0.3) is 0 Å². The third-order valence-corrected chi connectivity index (χ3v) is 7.73. The highest BCUT2D eigenvalue weighted by Gasteiger charge is 2.18. The van der Waals surface area contributed by atoms with Gasteiger partial charge in [-0.2, -0.15) is 0 Å². The van der Waals surface area contributed by atoms with Gasteiger partial charge in [-0.3, -0.25) is 14.4 Å². The number of carboxylic acids is 1. The molecule has 0 aromatic heterocycles.